The van der Waals surface area contributed by atoms with Crippen LogP contribution in [0, 0.1) is 0 Å². The third-order valence-electron chi connectivity index (χ3n) is 3.12. The monoisotopic (exact) mass is 730 g/mol. The maximum atomic E-state index is 10.9. The van der Waals surface area contributed by atoms with Crippen LogP contribution in [-0.4, -0.2) is 66.6 Å². The van der Waals surface area contributed by atoms with E-state index in [1.54, 1.807) is 0 Å². The average Bonchev–Trinajstić information content (AvgIpc) is 3.17. The van der Waals surface area contributed by atoms with Crippen LogP contribution in [0.1, 0.15) is 0 Å². The minimum absolute atomic E-state index is 0. The molecule has 1 radical (unpaired) electrons. The Kier molecular flexibility index (Phi) is 27.6. The van der Waals surface area contributed by atoms with Crippen molar-refractivity contribution in [1.29, 1.82) is 0 Å². The van der Waals surface area contributed by atoms with Crippen LogP contribution < -0.4 is 26.6 Å². The molecule has 0 saturated heterocycles. The van der Waals surface area contributed by atoms with Crippen LogP contribution in [0.25, 0.3) is 11.0 Å². The predicted molar refractivity (Wildman–Crippen MR) is 164 cm³/mol. The van der Waals surface area contributed by atoms with E-state index < -0.39 is 6.09 Å². The van der Waals surface area contributed by atoms with E-state index in [0.717, 1.165) is 11.0 Å². The predicted octanol–water partition coefficient (Wildman–Crippen LogP) is 1.39. The summed E-state index contributed by atoms with van der Waals surface area (Å²) in [6, 6.07) is 7.51. The van der Waals surface area contributed by atoms with Gasteiger partial charge >= 0.3 is 42.6 Å². The number of hydrogen-bond donors (Lipinski definition) is 6. The summed E-state index contributed by atoms with van der Waals surface area (Å²) in [5.41, 5.74) is 1.68. The number of H-pyrrole nitrogens is 1. The van der Waals surface area contributed by atoms with Crippen LogP contribution in [0.15, 0.2) is 24.3 Å². The molecule has 36 heavy (non-hydrogen) atoms. The molecular weight excluding hydrogens is 711 g/mol. The second-order valence-corrected chi connectivity index (χ2v) is 9.88. The van der Waals surface area contributed by atoms with Crippen LogP contribution in [0.5, 0.6) is 0 Å². The first-order valence-electron chi connectivity index (χ1n) is 9.14. The molecule has 1 heterocycles. The van der Waals surface area contributed by atoms with Crippen molar-refractivity contribution < 1.29 is 46.1 Å². The molecule has 2 rings (SSSR count). The first-order valence-corrected chi connectivity index (χ1v) is 12.4. The molecule has 6 N–H and O–H groups in total. The Hall–Kier alpha value is -0.457. The van der Waals surface area contributed by atoms with Gasteiger partial charge in [-0.2, -0.15) is 0 Å². The van der Waals surface area contributed by atoms with Crippen molar-refractivity contribution in [2.24, 2.45) is 0 Å². The zero-order chi connectivity index (χ0) is 25.9. The summed E-state index contributed by atoms with van der Waals surface area (Å²) in [6.07, 6.45) is -0.538. The first kappa shape index (κ1) is 40.0. The Bertz CT molecular complexity index is 873. The number of hydrogen-bond acceptors (Lipinski definition) is 11. The van der Waals surface area contributed by atoms with E-state index in [9.17, 15) is 4.79 Å². The number of para-hydroxylation sites is 2. The summed E-state index contributed by atoms with van der Waals surface area (Å²) in [7, 11) is 1.30. The summed E-state index contributed by atoms with van der Waals surface area (Å²) in [4.78, 5) is 17.9. The second-order valence-electron chi connectivity index (χ2n) is 5.58. The summed E-state index contributed by atoms with van der Waals surface area (Å²) >= 11 is 36.7. The molecule has 0 saturated carbocycles. The summed E-state index contributed by atoms with van der Waals surface area (Å²) < 4.78 is 5.93. The number of nitrogens with zero attached hydrogens (tertiary/aromatic N) is 1. The fourth-order valence-electron chi connectivity index (χ4n) is 1.82. The van der Waals surface area contributed by atoms with Gasteiger partial charge in [-0.1, -0.05) is 29.4 Å². The number of benzene rings is 1. The van der Waals surface area contributed by atoms with Crippen LogP contribution in [0.2, 0.25) is 0 Å². The van der Waals surface area contributed by atoms with Gasteiger partial charge in [0.15, 0.2) is 0 Å². The molecular formula is C17H21MnN7O2S8Zn. The number of imidazole rings is 1. The van der Waals surface area contributed by atoms with Crippen molar-refractivity contribution in [3.05, 3.63) is 24.3 Å². The second kappa shape index (κ2) is 24.9. The van der Waals surface area contributed by atoms with Crippen molar-refractivity contribution in [2.75, 3.05) is 38.6 Å². The Morgan fingerprint density at radius 1 is 0.861 bits per heavy atom. The quantitative estimate of drug-likeness (QED) is 0.107. The van der Waals surface area contributed by atoms with E-state index in [0.29, 0.717) is 49.4 Å². The van der Waals surface area contributed by atoms with Crippen LogP contribution in [0.3, 0.4) is 0 Å². The number of rotatable bonds is 7. The standard InChI is InChI=1S/C9H9N3O2.2C4H8N2S4.Mn.Zn/c1-14-9(13)12-8-10-6-4-2-3-5-7(6)11-8;2*7-3(8)5-1-2-6-4(9)10;;/h2-5H,1H3,(H2,10,11,12,13);2*1-2H2,(H2,5,7,8)(H2,6,9,10);;/q;;;2*+2/p-4. The van der Waals surface area contributed by atoms with E-state index in [1.807, 2.05) is 24.3 Å². The number of carbonyl (C=O) groups is 1. The molecule has 2 aromatic rings. The minimum Gasteiger partial charge on any atom is -0.453 e. The van der Waals surface area contributed by atoms with E-state index in [1.165, 1.54) is 7.11 Å². The number of amides is 1. The van der Waals surface area contributed by atoms with Gasteiger partial charge in [0.25, 0.3) is 0 Å². The van der Waals surface area contributed by atoms with E-state index in [2.05, 4.69) is 141 Å². The Morgan fingerprint density at radius 2 is 1.25 bits per heavy atom. The molecule has 0 spiro atoms. The van der Waals surface area contributed by atoms with Gasteiger partial charge in [-0.05, 0) is 12.1 Å². The van der Waals surface area contributed by atoms with Gasteiger partial charge in [0.05, 0.1) is 18.1 Å². The molecule has 1 aromatic carbocycles. The number of thiocarbonyl (C=S) groups is 4. The minimum atomic E-state index is -0.538. The van der Waals surface area contributed by atoms with Crippen LogP contribution in [0.4, 0.5) is 10.7 Å². The Morgan fingerprint density at radius 3 is 1.58 bits per heavy atom. The maximum Gasteiger partial charge on any atom is 2.00 e. The maximum absolute atomic E-state index is 10.9. The fraction of sp³-hybridized carbons (Fsp3) is 0.294. The van der Waals surface area contributed by atoms with Crippen molar-refractivity contribution >= 4 is 140 Å². The zero-order valence-corrected chi connectivity index (χ0v) is 29.4. The van der Waals surface area contributed by atoms with Crippen LogP contribution >= 0.6 is 48.9 Å². The molecule has 19 heteroatoms. The molecule has 9 nitrogen and oxygen atoms in total. The molecule has 193 valence electrons. The smallest absolute Gasteiger partial charge is 0.453 e. The number of ether oxygens (including phenoxy) is 1. The summed E-state index contributed by atoms with van der Waals surface area (Å²) in [5.74, 6) is 0.387. The molecule has 0 unspecified atom stereocenters. The average molecular weight is 732 g/mol. The number of methoxy groups -OCH3 is 1. The molecule has 0 atom stereocenters. The molecule has 1 aromatic heterocycles. The van der Waals surface area contributed by atoms with E-state index in [4.69, 9.17) is 0 Å². The molecule has 1 amide bonds. The van der Waals surface area contributed by atoms with Gasteiger partial charge in [-0.3, -0.25) is 5.32 Å². The number of nitrogens with one attached hydrogen (secondary N) is 6. The summed E-state index contributed by atoms with van der Waals surface area (Å²) in [6.45, 7) is 2.66. The molecule has 0 fully saturated rings. The Labute approximate surface area is 277 Å². The SMILES string of the molecule is COC(=O)Nc1nc2ccccc2[nH]1.S=C([S-])NCCNC(=S)[S-].S=C([S-])NCCNC(=S)[S-].[Mn+2].[Zn+2]. The zero-order valence-electron chi connectivity index (χ0n) is 18.8. The number of fused-ring (bicyclic) bond motifs is 1. The van der Waals surface area contributed by atoms with Gasteiger partial charge in [-0.15, -0.1) is 0 Å². The number of anilines is 1. The normalized spacial score (nSPS) is 8.58. The first-order chi connectivity index (χ1) is 16.0. The third kappa shape index (κ3) is 23.9. The van der Waals surface area contributed by atoms with E-state index in [-0.39, 0.29) is 36.5 Å². The largest absolute Gasteiger partial charge is 2.00 e. The molecule has 0 aliphatic carbocycles. The Balaban J connectivity index is -0.000000453. The number of carbonyl (C=O) groups excluding carboxylic acids is 1. The molecule has 0 bridgehead atoms. The number of aromatic amines is 1. The van der Waals surface area contributed by atoms with Crippen molar-refractivity contribution in [1.82, 2.24) is 31.2 Å². The molecule has 0 aliphatic rings. The van der Waals surface area contributed by atoms with Gasteiger partial charge in [0.1, 0.15) is 0 Å². The van der Waals surface area contributed by atoms with Crippen LogP contribution in [-0.2, 0) is 91.8 Å². The van der Waals surface area contributed by atoms with Crippen molar-refractivity contribution in [3.63, 3.8) is 0 Å². The third-order valence-corrected chi connectivity index (χ3v) is 4.28. The topological polar surface area (TPSA) is 115 Å². The van der Waals surface area contributed by atoms with Gasteiger partial charge in [-0.25, -0.2) is 9.78 Å². The van der Waals surface area contributed by atoms with Gasteiger partial charge < -0.3 is 130 Å². The molecule has 0 aliphatic heterocycles. The van der Waals surface area contributed by atoms with Gasteiger partial charge in [0.2, 0.25) is 5.95 Å². The van der Waals surface area contributed by atoms with Crippen molar-refractivity contribution in [3.8, 4) is 0 Å². The van der Waals surface area contributed by atoms with Gasteiger partial charge in [0, 0.05) is 26.2 Å². The van der Waals surface area contributed by atoms with Crippen molar-refractivity contribution in [2.45, 2.75) is 0 Å². The van der Waals surface area contributed by atoms with E-state index >= 15 is 0 Å². The fourth-order valence-corrected chi connectivity index (χ4v) is 2.63. The summed E-state index contributed by atoms with van der Waals surface area (Å²) in [5, 5.41) is 13.6. The number of aromatic nitrogens is 2.